The molecule has 2 aromatic rings. The number of halogens is 1. The maximum absolute atomic E-state index is 14.2. The SMILES string of the molecule is O=CNCC1CN(c2ccc(-n3cccc3)c(F)c2)C(=O)O1. The average Bonchev–Trinajstić information content (AvgIpc) is 3.14. The first-order valence-corrected chi connectivity index (χ1v) is 6.77. The van der Waals surface area contributed by atoms with E-state index in [2.05, 4.69) is 5.32 Å². The molecule has 114 valence electrons. The minimum Gasteiger partial charge on any atom is -0.442 e. The number of ether oxygens (including phenoxy) is 1. The molecule has 0 bridgehead atoms. The van der Waals surface area contributed by atoms with Gasteiger partial charge in [0.1, 0.15) is 11.9 Å². The lowest BCUT2D eigenvalue weighted by atomic mass is 10.2. The zero-order valence-corrected chi connectivity index (χ0v) is 11.6. The molecule has 1 aliphatic heterocycles. The van der Waals surface area contributed by atoms with E-state index in [4.69, 9.17) is 4.74 Å². The van der Waals surface area contributed by atoms with Gasteiger partial charge in [0.05, 0.1) is 24.5 Å². The van der Waals surface area contributed by atoms with Crippen LogP contribution in [0, 0.1) is 5.82 Å². The second-order valence-electron chi connectivity index (χ2n) is 4.87. The van der Waals surface area contributed by atoms with Gasteiger partial charge in [-0.25, -0.2) is 9.18 Å². The molecule has 1 aromatic carbocycles. The number of cyclic esters (lactones) is 1. The van der Waals surface area contributed by atoms with Gasteiger partial charge >= 0.3 is 6.09 Å². The molecule has 2 amide bonds. The highest BCUT2D eigenvalue weighted by Crippen LogP contribution is 2.25. The number of anilines is 1. The molecular weight excluding hydrogens is 289 g/mol. The van der Waals surface area contributed by atoms with Crippen LogP contribution in [0.4, 0.5) is 14.9 Å². The second-order valence-corrected chi connectivity index (χ2v) is 4.87. The summed E-state index contributed by atoms with van der Waals surface area (Å²) < 4.78 is 21.0. The molecule has 0 radical (unpaired) electrons. The third kappa shape index (κ3) is 2.65. The van der Waals surface area contributed by atoms with Crippen LogP contribution in [0.3, 0.4) is 0 Å². The minimum absolute atomic E-state index is 0.232. The Hall–Kier alpha value is -2.83. The lowest BCUT2D eigenvalue weighted by molar-refractivity contribution is -0.109. The predicted molar refractivity (Wildman–Crippen MR) is 77.4 cm³/mol. The van der Waals surface area contributed by atoms with Crippen molar-refractivity contribution in [1.82, 2.24) is 9.88 Å². The summed E-state index contributed by atoms with van der Waals surface area (Å²) in [5.41, 5.74) is 0.826. The lowest BCUT2D eigenvalue weighted by Crippen LogP contribution is -2.30. The fourth-order valence-corrected chi connectivity index (χ4v) is 2.39. The third-order valence-corrected chi connectivity index (χ3v) is 3.43. The van der Waals surface area contributed by atoms with Crippen LogP contribution in [-0.2, 0) is 9.53 Å². The number of nitrogens with one attached hydrogen (secondary N) is 1. The Morgan fingerprint density at radius 3 is 2.82 bits per heavy atom. The van der Waals surface area contributed by atoms with Crippen molar-refractivity contribution in [2.45, 2.75) is 6.10 Å². The van der Waals surface area contributed by atoms with Gasteiger partial charge in [-0.15, -0.1) is 0 Å². The summed E-state index contributed by atoms with van der Waals surface area (Å²) in [6.45, 7) is 0.498. The molecular formula is C15H14FN3O3. The molecule has 1 unspecified atom stereocenters. The molecule has 1 saturated heterocycles. The summed E-state index contributed by atoms with van der Waals surface area (Å²) in [6, 6.07) is 8.17. The van der Waals surface area contributed by atoms with E-state index in [0.29, 0.717) is 17.8 Å². The third-order valence-electron chi connectivity index (χ3n) is 3.43. The van der Waals surface area contributed by atoms with Gasteiger partial charge in [-0.1, -0.05) is 0 Å². The standard InChI is InChI=1S/C15H14FN3O3/c16-13-7-11(3-4-14(13)18-5-1-2-6-18)19-9-12(8-17-10-20)22-15(19)21/h1-7,10,12H,8-9H2,(H,17,20). The van der Waals surface area contributed by atoms with E-state index < -0.39 is 18.0 Å². The molecule has 0 aliphatic carbocycles. The quantitative estimate of drug-likeness (QED) is 0.855. The Morgan fingerprint density at radius 1 is 1.36 bits per heavy atom. The molecule has 0 saturated carbocycles. The van der Waals surface area contributed by atoms with Gasteiger partial charge in [-0.2, -0.15) is 0 Å². The van der Waals surface area contributed by atoms with E-state index in [1.807, 2.05) is 0 Å². The molecule has 6 nitrogen and oxygen atoms in total. The second kappa shape index (κ2) is 5.88. The lowest BCUT2D eigenvalue weighted by Gasteiger charge is -2.14. The Bertz CT molecular complexity index is 687. The Kier molecular flexibility index (Phi) is 3.78. The number of amides is 2. The fourth-order valence-electron chi connectivity index (χ4n) is 2.39. The van der Waals surface area contributed by atoms with Crippen molar-refractivity contribution in [2.24, 2.45) is 0 Å². The smallest absolute Gasteiger partial charge is 0.414 e. The van der Waals surface area contributed by atoms with Gasteiger partial charge in [0.2, 0.25) is 6.41 Å². The summed E-state index contributed by atoms with van der Waals surface area (Å²) in [5.74, 6) is -0.434. The van der Waals surface area contributed by atoms with E-state index in [9.17, 15) is 14.0 Å². The maximum atomic E-state index is 14.2. The molecule has 1 aliphatic rings. The van der Waals surface area contributed by atoms with Crippen molar-refractivity contribution in [3.8, 4) is 5.69 Å². The monoisotopic (exact) mass is 303 g/mol. The van der Waals surface area contributed by atoms with E-state index in [1.54, 1.807) is 41.2 Å². The fraction of sp³-hybridized carbons (Fsp3) is 0.200. The predicted octanol–water partition coefficient (Wildman–Crippen LogP) is 1.69. The zero-order chi connectivity index (χ0) is 15.5. The summed E-state index contributed by atoms with van der Waals surface area (Å²) in [7, 11) is 0. The summed E-state index contributed by atoms with van der Waals surface area (Å²) in [5, 5.41) is 2.46. The number of carbonyl (C=O) groups is 2. The van der Waals surface area contributed by atoms with Gasteiger partial charge in [0, 0.05) is 12.4 Å². The maximum Gasteiger partial charge on any atom is 0.414 e. The van der Waals surface area contributed by atoms with Crippen molar-refractivity contribution in [2.75, 3.05) is 18.0 Å². The van der Waals surface area contributed by atoms with Crippen LogP contribution in [0.5, 0.6) is 0 Å². The number of rotatable bonds is 5. The largest absolute Gasteiger partial charge is 0.442 e. The average molecular weight is 303 g/mol. The van der Waals surface area contributed by atoms with Crippen LogP contribution in [0.15, 0.2) is 42.7 Å². The summed E-state index contributed by atoms with van der Waals surface area (Å²) in [4.78, 5) is 23.5. The molecule has 2 heterocycles. The molecule has 7 heteroatoms. The Balaban J connectivity index is 1.79. The molecule has 1 atom stereocenters. The highest BCUT2D eigenvalue weighted by molar-refractivity contribution is 5.89. The summed E-state index contributed by atoms with van der Waals surface area (Å²) >= 11 is 0. The topological polar surface area (TPSA) is 63.6 Å². The Labute approximate surface area is 126 Å². The van der Waals surface area contributed by atoms with Crippen LogP contribution >= 0.6 is 0 Å². The molecule has 3 rings (SSSR count). The molecule has 22 heavy (non-hydrogen) atoms. The van der Waals surface area contributed by atoms with Gasteiger partial charge in [-0.3, -0.25) is 9.69 Å². The molecule has 1 N–H and O–H groups in total. The minimum atomic E-state index is -0.550. The van der Waals surface area contributed by atoms with E-state index in [-0.39, 0.29) is 13.1 Å². The van der Waals surface area contributed by atoms with Gasteiger partial charge in [0.25, 0.3) is 0 Å². The first-order chi connectivity index (χ1) is 10.7. The molecule has 1 aromatic heterocycles. The van der Waals surface area contributed by atoms with E-state index in [0.717, 1.165) is 0 Å². The van der Waals surface area contributed by atoms with Gasteiger partial charge in [0.15, 0.2) is 0 Å². The van der Waals surface area contributed by atoms with Crippen molar-refractivity contribution >= 4 is 18.2 Å². The number of carbonyl (C=O) groups excluding carboxylic acids is 2. The molecule has 0 spiro atoms. The number of benzene rings is 1. The zero-order valence-electron chi connectivity index (χ0n) is 11.6. The normalized spacial score (nSPS) is 17.4. The van der Waals surface area contributed by atoms with Crippen LogP contribution in [0.2, 0.25) is 0 Å². The van der Waals surface area contributed by atoms with Crippen molar-refractivity contribution in [3.05, 3.63) is 48.5 Å². The van der Waals surface area contributed by atoms with Crippen LogP contribution in [0.1, 0.15) is 0 Å². The van der Waals surface area contributed by atoms with E-state index in [1.165, 1.54) is 11.0 Å². The van der Waals surface area contributed by atoms with Crippen molar-refractivity contribution in [1.29, 1.82) is 0 Å². The number of hydrogen-bond donors (Lipinski definition) is 1. The number of nitrogens with zero attached hydrogens (tertiary/aromatic N) is 2. The summed E-state index contributed by atoms with van der Waals surface area (Å²) in [6.07, 6.45) is 3.03. The highest BCUT2D eigenvalue weighted by Gasteiger charge is 2.32. The number of hydrogen-bond acceptors (Lipinski definition) is 3. The van der Waals surface area contributed by atoms with E-state index >= 15 is 0 Å². The van der Waals surface area contributed by atoms with Crippen LogP contribution < -0.4 is 10.2 Å². The highest BCUT2D eigenvalue weighted by atomic mass is 19.1. The first-order valence-electron chi connectivity index (χ1n) is 6.77. The Morgan fingerprint density at radius 2 is 2.14 bits per heavy atom. The van der Waals surface area contributed by atoms with Crippen LogP contribution in [-0.4, -0.2) is 36.3 Å². The van der Waals surface area contributed by atoms with Gasteiger partial charge < -0.3 is 14.6 Å². The van der Waals surface area contributed by atoms with Crippen molar-refractivity contribution < 1.29 is 18.7 Å². The van der Waals surface area contributed by atoms with Gasteiger partial charge in [-0.05, 0) is 30.3 Å². The van der Waals surface area contributed by atoms with Crippen molar-refractivity contribution in [3.63, 3.8) is 0 Å². The van der Waals surface area contributed by atoms with Crippen LogP contribution in [0.25, 0.3) is 5.69 Å². The molecule has 1 fully saturated rings. The first kappa shape index (κ1) is 14.1. The number of aromatic nitrogens is 1.